The molecule has 46 heavy (non-hydrogen) atoms. The van der Waals surface area contributed by atoms with Gasteiger partial charge in [-0.25, -0.2) is 18.0 Å². The fourth-order valence-electron chi connectivity index (χ4n) is 5.43. The van der Waals surface area contributed by atoms with Gasteiger partial charge in [-0.3, -0.25) is 9.36 Å². The Morgan fingerprint density at radius 3 is 1.61 bits per heavy atom. The first-order valence-electron chi connectivity index (χ1n) is 16.0. The Kier molecular flexibility index (Phi) is 12.7. The average molecular weight is 683 g/mol. The van der Waals surface area contributed by atoms with Gasteiger partial charge in [0.2, 0.25) is 0 Å². The largest absolute Gasteiger partial charge is 0.444 e. The van der Waals surface area contributed by atoms with Gasteiger partial charge in [0.05, 0.1) is 17.1 Å². The van der Waals surface area contributed by atoms with E-state index in [4.69, 9.17) is 9.47 Å². The zero-order chi connectivity index (χ0) is 34.4. The van der Waals surface area contributed by atoms with Gasteiger partial charge in [0.25, 0.3) is 0 Å². The van der Waals surface area contributed by atoms with Crippen molar-refractivity contribution in [2.45, 2.75) is 102 Å². The summed E-state index contributed by atoms with van der Waals surface area (Å²) in [6.45, 7) is 17.6. The van der Waals surface area contributed by atoms with Gasteiger partial charge in [-0.1, -0.05) is 0 Å². The van der Waals surface area contributed by atoms with Crippen molar-refractivity contribution in [3.63, 3.8) is 0 Å². The predicted octanol–water partition coefficient (Wildman–Crippen LogP) is 5.62. The zero-order valence-electron chi connectivity index (χ0n) is 29.3. The molecule has 0 radical (unpaired) electrons. The van der Waals surface area contributed by atoms with Crippen LogP contribution in [-0.2, 0) is 33.4 Å². The highest BCUT2D eigenvalue weighted by molar-refractivity contribution is 7.99. The number of nitrogens with zero attached hydrogens (tertiary/aromatic N) is 6. The van der Waals surface area contributed by atoms with Gasteiger partial charge < -0.3 is 19.3 Å². The van der Waals surface area contributed by atoms with Crippen molar-refractivity contribution in [2.75, 3.05) is 37.7 Å². The van der Waals surface area contributed by atoms with E-state index in [2.05, 4.69) is 16.4 Å². The Balaban J connectivity index is 0.000000251. The maximum Gasteiger partial charge on any atom is 0.410 e. The summed E-state index contributed by atoms with van der Waals surface area (Å²) in [5, 5.41) is 8.48. The Morgan fingerprint density at radius 1 is 0.783 bits per heavy atom. The van der Waals surface area contributed by atoms with Crippen molar-refractivity contribution in [3.05, 3.63) is 23.8 Å². The third-order valence-corrected chi connectivity index (χ3v) is 11.1. The number of hydrogen-bond acceptors (Lipinski definition) is 9. The monoisotopic (exact) mass is 682 g/mol. The first-order chi connectivity index (χ1) is 21.2. The number of thioether (sulfide) groups is 1. The van der Waals surface area contributed by atoms with Crippen molar-refractivity contribution < 1.29 is 27.5 Å². The summed E-state index contributed by atoms with van der Waals surface area (Å²) in [6, 6.07) is 0. The number of ether oxygens (including phenoxy) is 2. The first-order valence-corrected chi connectivity index (χ1v) is 18.7. The lowest BCUT2D eigenvalue weighted by Gasteiger charge is -2.33. The molecule has 4 heterocycles. The molecule has 0 saturated carbocycles. The molecule has 260 valence electrons. The highest BCUT2D eigenvalue weighted by atomic mass is 32.2. The van der Waals surface area contributed by atoms with E-state index in [-0.39, 0.29) is 23.9 Å². The molecule has 4 rings (SSSR count). The van der Waals surface area contributed by atoms with Gasteiger partial charge in [0, 0.05) is 63.3 Å². The Morgan fingerprint density at radius 2 is 1.22 bits per heavy atom. The number of sulfone groups is 1. The third kappa shape index (κ3) is 11.8. The normalized spacial score (nSPS) is 17.0. The lowest BCUT2D eigenvalue weighted by molar-refractivity contribution is 0.0180. The number of piperidine rings is 2. The Bertz CT molecular complexity index is 1420. The summed E-state index contributed by atoms with van der Waals surface area (Å²) in [7, 11) is 0.314. The van der Waals surface area contributed by atoms with Crippen LogP contribution in [0.25, 0.3) is 0 Å². The molecule has 2 saturated heterocycles. The minimum atomic E-state index is -3.35. The van der Waals surface area contributed by atoms with E-state index < -0.39 is 21.0 Å². The second kappa shape index (κ2) is 15.4. The van der Waals surface area contributed by atoms with Gasteiger partial charge in [0.1, 0.15) is 16.1 Å². The highest BCUT2D eigenvalue weighted by Crippen LogP contribution is 2.29. The summed E-state index contributed by atoms with van der Waals surface area (Å²) < 4.78 is 39.3. The average Bonchev–Trinajstić information content (AvgIpc) is 3.45. The molecule has 0 unspecified atom stereocenters. The second-order valence-electron chi connectivity index (χ2n) is 14.4. The van der Waals surface area contributed by atoms with Crippen molar-refractivity contribution in [1.82, 2.24) is 29.4 Å². The molecular formula is C32H54N6O6S2. The van der Waals surface area contributed by atoms with Gasteiger partial charge >= 0.3 is 12.2 Å². The number of hydrogen-bond donors (Lipinski definition) is 0. The number of carbonyl (C=O) groups is 2. The molecule has 2 aliphatic heterocycles. The van der Waals surface area contributed by atoms with E-state index in [0.717, 1.165) is 37.4 Å². The van der Waals surface area contributed by atoms with Crippen LogP contribution in [-0.4, -0.2) is 98.9 Å². The molecule has 2 fully saturated rings. The van der Waals surface area contributed by atoms with Crippen LogP contribution < -0.4 is 0 Å². The number of rotatable bonds is 6. The van der Waals surface area contributed by atoms with Crippen LogP contribution in [0.4, 0.5) is 9.59 Å². The summed E-state index contributed by atoms with van der Waals surface area (Å²) >= 11 is 1.88. The van der Waals surface area contributed by atoms with Crippen LogP contribution in [0.3, 0.4) is 0 Å². The van der Waals surface area contributed by atoms with E-state index in [1.165, 1.54) is 9.58 Å². The molecule has 2 aromatic rings. The van der Waals surface area contributed by atoms with Crippen LogP contribution in [0.2, 0.25) is 0 Å². The lowest BCUT2D eigenvalue weighted by atomic mass is 9.99. The van der Waals surface area contributed by atoms with E-state index in [9.17, 15) is 18.0 Å². The Labute approximate surface area is 279 Å². The number of aryl methyl sites for hydroxylation is 4. The zero-order valence-corrected chi connectivity index (χ0v) is 31.0. The fourth-order valence-corrected chi connectivity index (χ4v) is 8.59. The molecule has 0 N–H and O–H groups in total. The van der Waals surface area contributed by atoms with E-state index >= 15 is 0 Å². The minimum Gasteiger partial charge on any atom is -0.444 e. The molecule has 12 nitrogen and oxygen atoms in total. The smallest absolute Gasteiger partial charge is 0.410 e. The standard InChI is InChI=1S/C16H27N3O4S.C16H27N3O2S/c1-12-14(10-18(5)17-12)24(21,22)11-13-6-8-19(9-7-13)15(20)23-16(2,3)4;1-12-14(10-18(5)17-12)22-11-13-6-8-19(9-7-13)15(20)21-16(2,3)4/h10,13H,6-9,11H2,1-5H3;10,13H,6-9,11H2,1-5H3. The molecule has 2 amide bonds. The van der Waals surface area contributed by atoms with Crippen molar-refractivity contribution in [2.24, 2.45) is 25.9 Å². The number of amides is 2. The van der Waals surface area contributed by atoms with Crippen LogP contribution in [0.15, 0.2) is 22.2 Å². The minimum absolute atomic E-state index is 0.0493. The van der Waals surface area contributed by atoms with E-state index in [0.29, 0.717) is 42.4 Å². The fraction of sp³-hybridized carbons (Fsp3) is 0.750. The second-order valence-corrected chi connectivity index (χ2v) is 17.5. The number of carbonyl (C=O) groups excluding carboxylic acids is 2. The molecule has 0 bridgehead atoms. The van der Waals surface area contributed by atoms with Crippen molar-refractivity contribution in [1.29, 1.82) is 0 Å². The van der Waals surface area contributed by atoms with Crippen LogP contribution in [0.1, 0.15) is 78.6 Å². The van der Waals surface area contributed by atoms with Gasteiger partial charge in [0.15, 0.2) is 9.84 Å². The van der Waals surface area contributed by atoms with E-state index in [1.807, 2.05) is 76.9 Å². The number of aromatic nitrogens is 4. The molecule has 0 aromatic carbocycles. The van der Waals surface area contributed by atoms with E-state index in [1.54, 1.807) is 25.1 Å². The van der Waals surface area contributed by atoms with Gasteiger partial charge in [-0.05, 0) is 92.9 Å². The third-order valence-electron chi connectivity index (χ3n) is 7.73. The Hall–Kier alpha value is -2.74. The molecule has 2 aromatic heterocycles. The SMILES string of the molecule is Cc1nn(C)cc1S(=O)(=O)CC1CCN(C(=O)OC(C)(C)C)CC1.Cc1nn(C)cc1SCC1CCN(C(=O)OC(C)(C)C)CC1. The van der Waals surface area contributed by atoms with Crippen molar-refractivity contribution >= 4 is 33.8 Å². The van der Waals surface area contributed by atoms with Crippen LogP contribution >= 0.6 is 11.8 Å². The lowest BCUT2D eigenvalue weighted by Crippen LogP contribution is -2.42. The summed E-state index contributed by atoms with van der Waals surface area (Å²) in [5.41, 5.74) is 0.693. The summed E-state index contributed by atoms with van der Waals surface area (Å²) in [6.07, 6.45) is 6.55. The topological polar surface area (TPSA) is 129 Å². The van der Waals surface area contributed by atoms with Crippen LogP contribution in [0.5, 0.6) is 0 Å². The number of likely N-dealkylation sites (tertiary alicyclic amines) is 2. The van der Waals surface area contributed by atoms with Gasteiger partial charge in [-0.2, -0.15) is 10.2 Å². The molecule has 0 aliphatic carbocycles. The summed E-state index contributed by atoms with van der Waals surface area (Å²) in [5.74, 6) is 1.90. The molecular weight excluding hydrogens is 629 g/mol. The molecule has 2 aliphatic rings. The molecule has 0 atom stereocenters. The van der Waals surface area contributed by atoms with Gasteiger partial charge in [-0.15, -0.1) is 11.8 Å². The van der Waals surface area contributed by atoms with Crippen molar-refractivity contribution in [3.8, 4) is 0 Å². The quantitative estimate of drug-likeness (QED) is 0.357. The maximum atomic E-state index is 12.6. The molecule has 14 heteroatoms. The first kappa shape index (κ1) is 37.7. The maximum absolute atomic E-state index is 12.6. The molecule has 0 spiro atoms. The van der Waals surface area contributed by atoms with Crippen LogP contribution in [0, 0.1) is 25.7 Å². The highest BCUT2D eigenvalue weighted by Gasteiger charge is 2.31. The summed E-state index contributed by atoms with van der Waals surface area (Å²) in [4.78, 5) is 29.1. The predicted molar refractivity (Wildman–Crippen MR) is 180 cm³/mol.